The van der Waals surface area contributed by atoms with Gasteiger partial charge >= 0.3 is 0 Å². The van der Waals surface area contributed by atoms with Crippen LogP contribution in [-0.4, -0.2) is 40.6 Å². The van der Waals surface area contributed by atoms with Crippen LogP contribution in [0, 0.1) is 3.95 Å². The zero-order valence-corrected chi connectivity index (χ0v) is 14.5. The molecule has 114 valence electrons. The van der Waals surface area contributed by atoms with Gasteiger partial charge in [-0.3, -0.25) is 4.90 Å². The van der Waals surface area contributed by atoms with Crippen LogP contribution in [0.25, 0.3) is 0 Å². The van der Waals surface area contributed by atoms with E-state index in [1.165, 1.54) is 16.2 Å². The van der Waals surface area contributed by atoms with Crippen molar-refractivity contribution < 1.29 is 8.42 Å². The molecule has 0 aliphatic carbocycles. The van der Waals surface area contributed by atoms with Crippen LogP contribution in [0.3, 0.4) is 0 Å². The van der Waals surface area contributed by atoms with E-state index in [4.69, 9.17) is 12.2 Å². The van der Waals surface area contributed by atoms with Crippen LogP contribution >= 0.6 is 34.9 Å². The molecule has 3 heterocycles. The number of hydrogen-bond acceptors (Lipinski definition) is 7. The number of nitrogens with zero attached hydrogens (tertiary/aromatic N) is 3. The van der Waals surface area contributed by atoms with Gasteiger partial charge in [0.1, 0.15) is 5.51 Å². The maximum atomic E-state index is 11.8. The molecule has 1 fully saturated rings. The molecule has 0 spiro atoms. The van der Waals surface area contributed by atoms with Crippen molar-refractivity contribution in [1.82, 2.24) is 14.7 Å². The predicted octanol–water partition coefficient (Wildman–Crippen LogP) is 2.38. The standard InChI is InChI=1S/C12H15N3O2S4/c16-21(17)5-3-10(7-21)14(6-11-2-1-4-19-11)9-15-12(18)20-8-13-15/h1-2,4,8,10H,3,5-7,9H2/t10-/m1/s1. The molecule has 21 heavy (non-hydrogen) atoms. The third kappa shape index (κ3) is 3.78. The van der Waals surface area contributed by atoms with Crippen molar-refractivity contribution in [3.63, 3.8) is 0 Å². The number of hydrogen-bond donors (Lipinski definition) is 0. The van der Waals surface area contributed by atoms with E-state index in [1.807, 2.05) is 11.4 Å². The van der Waals surface area contributed by atoms with E-state index in [0.29, 0.717) is 17.0 Å². The summed E-state index contributed by atoms with van der Waals surface area (Å²) >= 11 is 8.35. The smallest absolute Gasteiger partial charge is 0.180 e. The summed E-state index contributed by atoms with van der Waals surface area (Å²) in [4.78, 5) is 3.40. The lowest BCUT2D eigenvalue weighted by atomic mass is 10.2. The van der Waals surface area contributed by atoms with E-state index in [-0.39, 0.29) is 17.5 Å². The Morgan fingerprint density at radius 3 is 2.90 bits per heavy atom. The number of sulfone groups is 1. The highest BCUT2D eigenvalue weighted by Gasteiger charge is 2.32. The molecule has 0 N–H and O–H groups in total. The highest BCUT2D eigenvalue weighted by molar-refractivity contribution is 7.91. The number of aromatic nitrogens is 2. The molecule has 0 bridgehead atoms. The SMILES string of the molecule is O=S1(=O)CC[C@@H](N(Cc2cccs2)Cn2ncsc2=S)C1. The Morgan fingerprint density at radius 2 is 2.33 bits per heavy atom. The fourth-order valence-electron chi connectivity index (χ4n) is 2.46. The van der Waals surface area contributed by atoms with Gasteiger partial charge in [0.05, 0.1) is 18.2 Å². The molecule has 0 unspecified atom stereocenters. The number of rotatable bonds is 5. The molecule has 5 nitrogen and oxygen atoms in total. The van der Waals surface area contributed by atoms with Gasteiger partial charge in [0.2, 0.25) is 0 Å². The van der Waals surface area contributed by atoms with Crippen molar-refractivity contribution in [2.45, 2.75) is 25.7 Å². The molecule has 3 rings (SSSR count). The number of thiophene rings is 1. The summed E-state index contributed by atoms with van der Waals surface area (Å²) in [6, 6.07) is 4.13. The first-order valence-corrected chi connectivity index (χ1v) is 10.5. The second-order valence-electron chi connectivity index (χ2n) is 5.03. The third-order valence-electron chi connectivity index (χ3n) is 3.53. The Balaban J connectivity index is 1.81. The van der Waals surface area contributed by atoms with Crippen LogP contribution in [0.15, 0.2) is 23.0 Å². The van der Waals surface area contributed by atoms with Crippen LogP contribution in [0.2, 0.25) is 0 Å². The Morgan fingerprint density at radius 1 is 1.48 bits per heavy atom. The molecule has 1 saturated heterocycles. The van der Waals surface area contributed by atoms with Crippen molar-refractivity contribution in [2.75, 3.05) is 11.5 Å². The Kier molecular flexibility index (Phi) is 4.55. The molecule has 0 saturated carbocycles. The monoisotopic (exact) mass is 361 g/mol. The van der Waals surface area contributed by atoms with E-state index < -0.39 is 9.84 Å². The minimum atomic E-state index is -2.90. The van der Waals surface area contributed by atoms with Gasteiger partial charge < -0.3 is 0 Å². The van der Waals surface area contributed by atoms with Gasteiger partial charge in [-0.05, 0) is 30.1 Å². The lowest BCUT2D eigenvalue weighted by molar-refractivity contribution is 0.148. The van der Waals surface area contributed by atoms with E-state index >= 15 is 0 Å². The Labute approximate surface area is 136 Å². The summed E-state index contributed by atoms with van der Waals surface area (Å²) in [5.41, 5.74) is 1.72. The van der Waals surface area contributed by atoms with E-state index in [1.54, 1.807) is 21.5 Å². The van der Waals surface area contributed by atoms with Gasteiger partial charge in [-0.1, -0.05) is 17.4 Å². The Hall–Kier alpha value is -0.610. The molecule has 2 aromatic heterocycles. The second kappa shape index (κ2) is 6.25. The topological polar surface area (TPSA) is 55.2 Å². The highest BCUT2D eigenvalue weighted by atomic mass is 32.2. The van der Waals surface area contributed by atoms with Gasteiger partial charge in [-0.25, -0.2) is 13.1 Å². The minimum absolute atomic E-state index is 0.0423. The van der Waals surface area contributed by atoms with Crippen LogP contribution < -0.4 is 0 Å². The fourth-order valence-corrected chi connectivity index (χ4v) is 5.66. The van der Waals surface area contributed by atoms with Crippen molar-refractivity contribution in [3.8, 4) is 0 Å². The molecule has 0 amide bonds. The first-order chi connectivity index (χ1) is 10.0. The average Bonchev–Trinajstić information content (AvgIpc) is 3.12. The molecule has 1 atom stereocenters. The van der Waals surface area contributed by atoms with Crippen LogP contribution in [-0.2, 0) is 23.1 Å². The normalized spacial score (nSPS) is 21.1. The fraction of sp³-hybridized carbons (Fsp3) is 0.500. The minimum Gasteiger partial charge on any atom is -0.275 e. The zero-order chi connectivity index (χ0) is 14.9. The molecule has 0 aromatic carbocycles. The first kappa shape index (κ1) is 15.3. The first-order valence-electron chi connectivity index (χ1n) is 6.51. The van der Waals surface area contributed by atoms with Crippen LogP contribution in [0.5, 0.6) is 0 Å². The van der Waals surface area contributed by atoms with Gasteiger partial charge in [0.15, 0.2) is 13.8 Å². The zero-order valence-electron chi connectivity index (χ0n) is 11.2. The lowest BCUT2D eigenvalue weighted by Gasteiger charge is -2.27. The maximum absolute atomic E-state index is 11.8. The molecule has 1 aliphatic rings. The van der Waals surface area contributed by atoms with Gasteiger partial charge in [0.25, 0.3) is 0 Å². The van der Waals surface area contributed by atoms with Crippen LogP contribution in [0.4, 0.5) is 0 Å². The van der Waals surface area contributed by atoms with Crippen LogP contribution in [0.1, 0.15) is 11.3 Å². The predicted molar refractivity (Wildman–Crippen MR) is 87.9 cm³/mol. The largest absolute Gasteiger partial charge is 0.275 e. The summed E-state index contributed by atoms with van der Waals surface area (Å²) in [5, 5.41) is 6.27. The van der Waals surface area contributed by atoms with E-state index in [9.17, 15) is 8.42 Å². The highest BCUT2D eigenvalue weighted by Crippen LogP contribution is 2.22. The molecule has 0 radical (unpaired) electrons. The molecule has 1 aliphatic heterocycles. The quantitative estimate of drug-likeness (QED) is 0.766. The van der Waals surface area contributed by atoms with E-state index in [0.717, 1.165) is 6.54 Å². The van der Waals surface area contributed by atoms with Gasteiger partial charge in [-0.15, -0.1) is 11.3 Å². The van der Waals surface area contributed by atoms with Crippen molar-refractivity contribution in [2.24, 2.45) is 0 Å². The molecule has 9 heteroatoms. The molecular weight excluding hydrogens is 346 g/mol. The van der Waals surface area contributed by atoms with Gasteiger partial charge in [-0.2, -0.15) is 5.10 Å². The van der Waals surface area contributed by atoms with Gasteiger partial charge in [0, 0.05) is 17.5 Å². The van der Waals surface area contributed by atoms with Crippen molar-refractivity contribution >= 4 is 44.7 Å². The summed E-state index contributed by atoms with van der Waals surface area (Å²) in [6.45, 7) is 1.28. The Bertz CT molecular complexity index is 748. The van der Waals surface area contributed by atoms with Crippen molar-refractivity contribution in [3.05, 3.63) is 31.9 Å². The average molecular weight is 362 g/mol. The third-order valence-corrected chi connectivity index (χ3v) is 7.25. The molecule has 2 aromatic rings. The maximum Gasteiger partial charge on any atom is 0.180 e. The summed E-state index contributed by atoms with van der Waals surface area (Å²) in [5.74, 6) is 0.511. The molecular formula is C12H15N3O2S4. The summed E-state index contributed by atoms with van der Waals surface area (Å²) in [6.07, 6.45) is 0.686. The summed E-state index contributed by atoms with van der Waals surface area (Å²) in [7, 11) is -2.90. The van der Waals surface area contributed by atoms with Crippen molar-refractivity contribution in [1.29, 1.82) is 0 Å². The summed E-state index contributed by atoms with van der Waals surface area (Å²) < 4.78 is 26.0. The van der Waals surface area contributed by atoms with E-state index in [2.05, 4.69) is 16.1 Å². The second-order valence-corrected chi connectivity index (χ2v) is 9.77. The lowest BCUT2D eigenvalue weighted by Crippen LogP contribution is -2.37.